The summed E-state index contributed by atoms with van der Waals surface area (Å²) in [5.74, 6) is 0.613. The van der Waals surface area contributed by atoms with E-state index >= 15 is 0 Å². The number of aromatic nitrogens is 3. The van der Waals surface area contributed by atoms with E-state index in [1.807, 2.05) is 24.4 Å². The lowest BCUT2D eigenvalue weighted by atomic mass is 10.1. The number of aromatic amines is 1. The van der Waals surface area contributed by atoms with Gasteiger partial charge < -0.3 is 9.72 Å². The summed E-state index contributed by atoms with van der Waals surface area (Å²) in [6, 6.07) is 16.8. The van der Waals surface area contributed by atoms with Crippen molar-refractivity contribution in [1.29, 1.82) is 0 Å². The molecule has 146 valence electrons. The molecule has 1 atom stereocenters. The largest absolute Gasteiger partial charge is 0.378 e. The van der Waals surface area contributed by atoms with E-state index in [1.165, 1.54) is 17.7 Å². The molecule has 1 N–H and O–H groups in total. The van der Waals surface area contributed by atoms with E-state index in [1.54, 1.807) is 18.3 Å². The molecular weight excluding hydrogens is 367 g/mol. The Balaban J connectivity index is 1.39. The van der Waals surface area contributed by atoms with E-state index in [9.17, 15) is 4.39 Å². The standard InChI is InChI=1S/C23H21FN4O/c24-19-7-5-17(6-8-19)21-13-26-23(27-21)22-15-29-10-9-28(22)14-16-11-18-3-1-2-4-20(18)25-12-16/h1-8,11-13,22H,9-10,14-15H2,(H,26,27)/t22-/m0/s1. The number of pyridine rings is 1. The van der Waals surface area contributed by atoms with Gasteiger partial charge in [-0.1, -0.05) is 18.2 Å². The van der Waals surface area contributed by atoms with E-state index in [0.717, 1.165) is 41.1 Å². The van der Waals surface area contributed by atoms with Crippen LogP contribution in [-0.2, 0) is 11.3 Å². The van der Waals surface area contributed by atoms with Gasteiger partial charge in [-0.3, -0.25) is 9.88 Å². The molecule has 0 amide bonds. The molecule has 0 spiro atoms. The minimum absolute atomic E-state index is 0.0319. The molecule has 0 unspecified atom stereocenters. The van der Waals surface area contributed by atoms with Crippen molar-refractivity contribution < 1.29 is 9.13 Å². The molecular formula is C23H21FN4O. The Morgan fingerprint density at radius 2 is 1.93 bits per heavy atom. The molecule has 1 aliphatic heterocycles. The van der Waals surface area contributed by atoms with Crippen molar-refractivity contribution in [2.75, 3.05) is 19.8 Å². The summed E-state index contributed by atoms with van der Waals surface area (Å²) in [6.07, 6.45) is 3.74. The molecule has 4 aromatic rings. The fraction of sp³-hybridized carbons (Fsp3) is 0.217. The highest BCUT2D eigenvalue weighted by atomic mass is 19.1. The third-order valence-corrected chi connectivity index (χ3v) is 5.34. The average Bonchev–Trinajstić information content (AvgIpc) is 3.25. The van der Waals surface area contributed by atoms with Gasteiger partial charge in [0.05, 0.1) is 36.7 Å². The summed E-state index contributed by atoms with van der Waals surface area (Å²) in [5.41, 5.74) is 3.95. The molecule has 0 radical (unpaired) electrons. The summed E-state index contributed by atoms with van der Waals surface area (Å²) in [4.78, 5) is 14.9. The highest BCUT2D eigenvalue weighted by Gasteiger charge is 2.27. The van der Waals surface area contributed by atoms with Crippen molar-refractivity contribution in [2.45, 2.75) is 12.6 Å². The zero-order valence-electron chi connectivity index (χ0n) is 15.9. The second-order valence-electron chi connectivity index (χ2n) is 7.29. The van der Waals surface area contributed by atoms with E-state index in [2.05, 4.69) is 32.0 Å². The lowest BCUT2D eigenvalue weighted by Gasteiger charge is -2.34. The van der Waals surface area contributed by atoms with Crippen LogP contribution in [0.4, 0.5) is 4.39 Å². The van der Waals surface area contributed by atoms with Crippen LogP contribution in [0.15, 0.2) is 67.0 Å². The molecule has 2 aromatic heterocycles. The van der Waals surface area contributed by atoms with Crippen molar-refractivity contribution in [2.24, 2.45) is 0 Å². The van der Waals surface area contributed by atoms with Gasteiger partial charge in [-0.05, 0) is 47.5 Å². The minimum Gasteiger partial charge on any atom is -0.378 e. The minimum atomic E-state index is -0.246. The second kappa shape index (κ2) is 7.73. The van der Waals surface area contributed by atoms with Crippen LogP contribution in [0.25, 0.3) is 22.2 Å². The van der Waals surface area contributed by atoms with Crippen LogP contribution < -0.4 is 0 Å². The molecule has 5 rings (SSSR count). The molecule has 1 fully saturated rings. The number of imidazole rings is 1. The zero-order chi connectivity index (χ0) is 19.6. The summed E-state index contributed by atoms with van der Waals surface area (Å²) in [6.45, 7) is 2.88. The van der Waals surface area contributed by atoms with Gasteiger partial charge in [0.25, 0.3) is 0 Å². The molecule has 3 heterocycles. The maximum atomic E-state index is 13.2. The van der Waals surface area contributed by atoms with Crippen LogP contribution in [0.1, 0.15) is 17.4 Å². The normalized spacial score (nSPS) is 17.6. The van der Waals surface area contributed by atoms with E-state index in [0.29, 0.717) is 13.2 Å². The molecule has 0 bridgehead atoms. The molecule has 29 heavy (non-hydrogen) atoms. The van der Waals surface area contributed by atoms with Crippen LogP contribution in [-0.4, -0.2) is 39.6 Å². The van der Waals surface area contributed by atoms with Gasteiger partial charge in [-0.2, -0.15) is 0 Å². The first kappa shape index (κ1) is 18.0. The lowest BCUT2D eigenvalue weighted by molar-refractivity contribution is -0.0156. The van der Waals surface area contributed by atoms with Crippen LogP contribution in [0, 0.1) is 5.82 Å². The van der Waals surface area contributed by atoms with Crippen LogP contribution >= 0.6 is 0 Å². The maximum absolute atomic E-state index is 13.2. The van der Waals surface area contributed by atoms with E-state index in [-0.39, 0.29) is 11.9 Å². The van der Waals surface area contributed by atoms with Crippen molar-refractivity contribution in [1.82, 2.24) is 19.9 Å². The van der Waals surface area contributed by atoms with Crippen LogP contribution in [0.3, 0.4) is 0 Å². The molecule has 1 saturated heterocycles. The smallest absolute Gasteiger partial charge is 0.126 e. The van der Waals surface area contributed by atoms with Crippen LogP contribution in [0.5, 0.6) is 0 Å². The maximum Gasteiger partial charge on any atom is 0.126 e. The zero-order valence-corrected chi connectivity index (χ0v) is 15.9. The Bertz CT molecular complexity index is 1130. The molecule has 6 heteroatoms. The van der Waals surface area contributed by atoms with Gasteiger partial charge >= 0.3 is 0 Å². The highest BCUT2D eigenvalue weighted by Crippen LogP contribution is 2.27. The van der Waals surface area contributed by atoms with Crippen molar-refractivity contribution in [3.05, 3.63) is 84.2 Å². The van der Waals surface area contributed by atoms with Crippen LogP contribution in [0.2, 0.25) is 0 Å². The first-order valence-corrected chi connectivity index (χ1v) is 9.72. The molecule has 0 aliphatic carbocycles. The average molecular weight is 388 g/mol. The summed E-state index contributed by atoms with van der Waals surface area (Å²) >= 11 is 0. The molecule has 2 aromatic carbocycles. The lowest BCUT2D eigenvalue weighted by Crippen LogP contribution is -2.39. The third kappa shape index (κ3) is 3.77. The molecule has 0 saturated carbocycles. The number of rotatable bonds is 4. The summed E-state index contributed by atoms with van der Waals surface area (Å²) in [5, 5.41) is 1.14. The Kier molecular flexibility index (Phi) is 4.79. The fourth-order valence-corrected chi connectivity index (χ4v) is 3.80. The van der Waals surface area contributed by atoms with E-state index in [4.69, 9.17) is 4.74 Å². The fourth-order valence-electron chi connectivity index (χ4n) is 3.80. The monoisotopic (exact) mass is 388 g/mol. The molecule has 5 nitrogen and oxygen atoms in total. The summed E-state index contributed by atoms with van der Waals surface area (Å²) < 4.78 is 18.9. The number of nitrogens with one attached hydrogen (secondary N) is 1. The Morgan fingerprint density at radius 3 is 2.83 bits per heavy atom. The number of fused-ring (bicyclic) bond motifs is 1. The number of hydrogen-bond donors (Lipinski definition) is 1. The third-order valence-electron chi connectivity index (χ3n) is 5.34. The summed E-state index contributed by atoms with van der Waals surface area (Å²) in [7, 11) is 0. The van der Waals surface area contributed by atoms with Crippen molar-refractivity contribution in [3.8, 4) is 11.3 Å². The highest BCUT2D eigenvalue weighted by molar-refractivity contribution is 5.78. The Hall–Kier alpha value is -3.09. The number of H-pyrrole nitrogens is 1. The Labute approximate surface area is 168 Å². The number of halogens is 1. The van der Waals surface area contributed by atoms with Gasteiger partial charge in [0, 0.05) is 24.7 Å². The first-order valence-electron chi connectivity index (χ1n) is 9.72. The number of hydrogen-bond acceptors (Lipinski definition) is 4. The number of ether oxygens (including phenoxy) is 1. The number of para-hydroxylation sites is 1. The second-order valence-corrected chi connectivity index (χ2v) is 7.29. The predicted octanol–water partition coefficient (Wildman–Crippen LogP) is 4.34. The van der Waals surface area contributed by atoms with Crippen molar-refractivity contribution in [3.63, 3.8) is 0 Å². The molecule has 1 aliphatic rings. The quantitative estimate of drug-likeness (QED) is 0.565. The number of nitrogens with zero attached hydrogens (tertiary/aromatic N) is 3. The van der Waals surface area contributed by atoms with Crippen molar-refractivity contribution >= 4 is 10.9 Å². The number of benzene rings is 2. The van der Waals surface area contributed by atoms with Gasteiger partial charge in [-0.15, -0.1) is 0 Å². The van der Waals surface area contributed by atoms with Gasteiger partial charge in [0.1, 0.15) is 11.6 Å². The first-order chi connectivity index (χ1) is 14.3. The topological polar surface area (TPSA) is 54.0 Å². The van der Waals surface area contributed by atoms with Gasteiger partial charge in [-0.25, -0.2) is 9.37 Å². The van der Waals surface area contributed by atoms with Gasteiger partial charge in [0.15, 0.2) is 0 Å². The van der Waals surface area contributed by atoms with E-state index < -0.39 is 0 Å². The Morgan fingerprint density at radius 1 is 1.07 bits per heavy atom. The predicted molar refractivity (Wildman–Crippen MR) is 110 cm³/mol. The SMILES string of the molecule is Fc1ccc(-c2cnc([C@@H]3COCCN3Cc3cnc4ccccc4c3)[nH]2)cc1. The van der Waals surface area contributed by atoms with Gasteiger partial charge in [0.2, 0.25) is 0 Å². The number of morpholine rings is 1.